The molecular weight excluding hydrogens is 413 g/mol. The Morgan fingerprint density at radius 1 is 1.40 bits per heavy atom. The number of carbonyl (C=O) groups excluding carboxylic acids is 1. The average molecular weight is 422 g/mol. The number of hydrogen-bond acceptors (Lipinski definition) is 4. The highest BCUT2D eigenvalue weighted by molar-refractivity contribution is 9.10. The van der Waals surface area contributed by atoms with Gasteiger partial charge in [0.2, 0.25) is 0 Å². The molecule has 9 heteroatoms. The van der Waals surface area contributed by atoms with E-state index >= 15 is 0 Å². The molecule has 0 saturated heterocycles. The Morgan fingerprint density at radius 3 is 2.55 bits per heavy atom. The zero-order valence-corrected chi connectivity index (χ0v) is 13.2. The number of benzene rings is 1. The minimum Gasteiger partial charge on any atom is -0.492 e. The quantitative estimate of drug-likeness (QED) is 0.537. The molecule has 0 heterocycles. The highest BCUT2D eigenvalue weighted by Crippen LogP contribution is 2.33. The van der Waals surface area contributed by atoms with Gasteiger partial charge in [0.25, 0.3) is 0 Å². The molecule has 0 aliphatic carbocycles. The van der Waals surface area contributed by atoms with E-state index in [1.807, 2.05) is 0 Å². The van der Waals surface area contributed by atoms with Gasteiger partial charge in [-0.3, -0.25) is 4.79 Å². The minimum atomic E-state index is -4.77. The second-order valence-electron chi connectivity index (χ2n) is 3.44. The number of hydrogen-bond donors (Lipinski definition) is 0. The maximum atomic E-state index is 12.1. The maximum absolute atomic E-state index is 12.1. The number of alkyl halides is 4. The van der Waals surface area contributed by atoms with Crippen molar-refractivity contribution in [2.24, 2.45) is 0 Å². The van der Waals surface area contributed by atoms with E-state index in [0.717, 1.165) is 6.07 Å². The van der Waals surface area contributed by atoms with Crippen molar-refractivity contribution in [2.75, 3.05) is 13.7 Å². The number of ether oxygens (including phenoxy) is 3. The molecule has 0 aliphatic rings. The molecule has 0 aromatic heterocycles. The van der Waals surface area contributed by atoms with Crippen molar-refractivity contribution in [3.8, 4) is 11.5 Å². The standard InChI is InChI=1S/C11H9Br2F3O4/c1-18-10(17)8(13)5-19-6-2-3-9(7(12)4-6)20-11(14,15)16/h2-4,8H,5H2,1H3. The lowest BCUT2D eigenvalue weighted by Gasteiger charge is -2.13. The molecule has 1 aromatic rings. The fourth-order valence-corrected chi connectivity index (χ4v) is 1.90. The van der Waals surface area contributed by atoms with Crippen molar-refractivity contribution in [1.82, 2.24) is 0 Å². The SMILES string of the molecule is COC(=O)C(Br)COc1ccc(OC(F)(F)F)c(Br)c1. The smallest absolute Gasteiger partial charge is 0.492 e. The summed E-state index contributed by atoms with van der Waals surface area (Å²) in [7, 11) is 1.23. The van der Waals surface area contributed by atoms with Gasteiger partial charge >= 0.3 is 12.3 Å². The second-order valence-corrected chi connectivity index (χ2v) is 5.40. The summed E-state index contributed by atoms with van der Waals surface area (Å²) in [5.74, 6) is -0.617. The van der Waals surface area contributed by atoms with Gasteiger partial charge in [0.1, 0.15) is 22.9 Å². The molecule has 0 amide bonds. The van der Waals surface area contributed by atoms with Crippen LogP contribution in [0.15, 0.2) is 22.7 Å². The van der Waals surface area contributed by atoms with E-state index in [9.17, 15) is 18.0 Å². The molecule has 0 fully saturated rings. The lowest BCUT2D eigenvalue weighted by atomic mass is 10.3. The third kappa shape index (κ3) is 5.58. The van der Waals surface area contributed by atoms with Crippen LogP contribution in [0.2, 0.25) is 0 Å². The first-order valence-corrected chi connectivity index (χ1v) is 6.84. The van der Waals surface area contributed by atoms with E-state index in [1.165, 1.54) is 19.2 Å². The zero-order valence-electron chi connectivity index (χ0n) is 10.0. The van der Waals surface area contributed by atoms with Gasteiger partial charge in [0, 0.05) is 0 Å². The number of carbonyl (C=O) groups is 1. The van der Waals surface area contributed by atoms with Gasteiger partial charge in [0.15, 0.2) is 0 Å². The molecule has 1 unspecified atom stereocenters. The molecular formula is C11H9Br2F3O4. The Hall–Kier alpha value is -0.960. The average Bonchev–Trinajstić information content (AvgIpc) is 2.36. The van der Waals surface area contributed by atoms with Gasteiger partial charge in [-0.05, 0) is 34.1 Å². The van der Waals surface area contributed by atoms with Gasteiger partial charge in [-0.25, -0.2) is 0 Å². The first kappa shape index (κ1) is 17.1. The van der Waals surface area contributed by atoms with E-state index in [0.29, 0.717) is 0 Å². The van der Waals surface area contributed by atoms with Crippen molar-refractivity contribution in [1.29, 1.82) is 0 Å². The molecule has 0 N–H and O–H groups in total. The van der Waals surface area contributed by atoms with Gasteiger partial charge in [-0.2, -0.15) is 0 Å². The first-order valence-electron chi connectivity index (χ1n) is 5.13. The summed E-state index contributed by atoms with van der Waals surface area (Å²) >= 11 is 5.99. The topological polar surface area (TPSA) is 44.8 Å². The van der Waals surface area contributed by atoms with Crippen LogP contribution >= 0.6 is 31.9 Å². The summed E-state index contributed by atoms with van der Waals surface area (Å²) in [6.45, 7) is -0.0292. The van der Waals surface area contributed by atoms with Gasteiger partial charge in [0.05, 0.1) is 11.6 Å². The number of rotatable bonds is 5. The van der Waals surface area contributed by atoms with Crippen molar-refractivity contribution in [2.45, 2.75) is 11.2 Å². The molecule has 1 rings (SSSR count). The van der Waals surface area contributed by atoms with Gasteiger partial charge in [-0.1, -0.05) is 15.9 Å². The summed E-state index contributed by atoms with van der Waals surface area (Å²) in [5.41, 5.74) is 0. The predicted molar refractivity (Wildman–Crippen MR) is 71.1 cm³/mol. The second kappa shape index (κ2) is 7.16. The highest BCUT2D eigenvalue weighted by atomic mass is 79.9. The van der Waals surface area contributed by atoms with Gasteiger partial charge < -0.3 is 14.2 Å². The highest BCUT2D eigenvalue weighted by Gasteiger charge is 2.32. The Morgan fingerprint density at radius 2 is 2.05 bits per heavy atom. The Bertz CT molecular complexity index is 479. The summed E-state index contributed by atoms with van der Waals surface area (Å²) in [4.78, 5) is 10.4. The van der Waals surface area contributed by atoms with Crippen LogP contribution in [0, 0.1) is 0 Å². The van der Waals surface area contributed by atoms with Crippen molar-refractivity contribution < 1.29 is 32.2 Å². The van der Waals surface area contributed by atoms with Crippen LogP contribution in [0.4, 0.5) is 13.2 Å². The molecule has 1 aromatic carbocycles. The summed E-state index contributed by atoms with van der Waals surface area (Å²) in [6.07, 6.45) is -4.77. The van der Waals surface area contributed by atoms with Crippen LogP contribution in [0.1, 0.15) is 0 Å². The minimum absolute atomic E-state index is 0.0292. The third-order valence-corrected chi connectivity index (χ3v) is 3.24. The van der Waals surface area contributed by atoms with Gasteiger partial charge in [-0.15, -0.1) is 13.2 Å². The normalized spacial score (nSPS) is 12.7. The number of methoxy groups -OCH3 is 1. The van der Waals surface area contributed by atoms with Crippen LogP contribution in [0.3, 0.4) is 0 Å². The van der Waals surface area contributed by atoms with Crippen LogP contribution < -0.4 is 9.47 Å². The molecule has 1 atom stereocenters. The molecule has 0 spiro atoms. The lowest BCUT2D eigenvalue weighted by Crippen LogP contribution is -2.23. The molecule has 0 saturated carbocycles. The van der Waals surface area contributed by atoms with Crippen LogP contribution in [-0.4, -0.2) is 30.9 Å². The van der Waals surface area contributed by atoms with Crippen LogP contribution in [0.5, 0.6) is 11.5 Å². The lowest BCUT2D eigenvalue weighted by molar-refractivity contribution is -0.274. The molecule has 0 radical (unpaired) electrons. The zero-order chi connectivity index (χ0) is 15.3. The van der Waals surface area contributed by atoms with Crippen LogP contribution in [0.25, 0.3) is 0 Å². The fraction of sp³-hybridized carbons (Fsp3) is 0.364. The predicted octanol–water partition coefficient (Wildman–Crippen LogP) is 3.66. The van der Waals surface area contributed by atoms with Crippen molar-refractivity contribution in [3.05, 3.63) is 22.7 Å². The van der Waals surface area contributed by atoms with E-state index in [-0.39, 0.29) is 22.6 Å². The molecule has 20 heavy (non-hydrogen) atoms. The monoisotopic (exact) mass is 420 g/mol. The number of esters is 1. The Balaban J connectivity index is 2.66. The third-order valence-electron chi connectivity index (χ3n) is 1.98. The first-order chi connectivity index (χ1) is 9.23. The van der Waals surface area contributed by atoms with E-state index in [4.69, 9.17) is 4.74 Å². The summed E-state index contributed by atoms with van der Waals surface area (Å²) in [6, 6.07) is 3.70. The largest absolute Gasteiger partial charge is 0.573 e. The van der Waals surface area contributed by atoms with E-state index in [1.54, 1.807) is 0 Å². The summed E-state index contributed by atoms with van der Waals surface area (Å²) in [5, 5.41) is 0. The van der Waals surface area contributed by atoms with E-state index < -0.39 is 17.2 Å². The van der Waals surface area contributed by atoms with Crippen molar-refractivity contribution >= 4 is 37.8 Å². The molecule has 0 bridgehead atoms. The van der Waals surface area contributed by atoms with Crippen LogP contribution in [-0.2, 0) is 9.53 Å². The number of halogens is 5. The molecule has 0 aliphatic heterocycles. The maximum Gasteiger partial charge on any atom is 0.573 e. The molecule has 4 nitrogen and oxygen atoms in total. The van der Waals surface area contributed by atoms with Crippen molar-refractivity contribution in [3.63, 3.8) is 0 Å². The fourth-order valence-electron chi connectivity index (χ4n) is 1.14. The molecule has 112 valence electrons. The summed E-state index contributed by atoms with van der Waals surface area (Å²) < 4.78 is 49.8. The van der Waals surface area contributed by atoms with E-state index in [2.05, 4.69) is 41.3 Å². The Kier molecular flexibility index (Phi) is 6.12. The Labute approximate surface area is 129 Å².